The van der Waals surface area contributed by atoms with Gasteiger partial charge in [0.05, 0.1) is 24.1 Å². The molecular weight excluding hydrogens is 355 g/mol. The van der Waals surface area contributed by atoms with Crippen molar-refractivity contribution in [2.75, 3.05) is 13.1 Å². The Morgan fingerprint density at radius 2 is 1.89 bits per heavy atom. The maximum atomic E-state index is 13.5. The number of fused-ring (bicyclic) bond motifs is 1. The van der Waals surface area contributed by atoms with E-state index in [4.69, 9.17) is 0 Å². The number of carbonyl (C=O) groups excluding carboxylic acids is 1. The van der Waals surface area contributed by atoms with Gasteiger partial charge in [-0.3, -0.25) is 9.78 Å². The van der Waals surface area contributed by atoms with Crippen molar-refractivity contribution < 1.29 is 18.0 Å². The summed E-state index contributed by atoms with van der Waals surface area (Å²) in [6, 6.07) is 6.72. The zero-order valence-electron chi connectivity index (χ0n) is 15.0. The molecule has 0 unspecified atom stereocenters. The largest absolute Gasteiger partial charge is 0.336 e. The molecule has 0 spiro atoms. The van der Waals surface area contributed by atoms with Gasteiger partial charge in [-0.2, -0.15) is 0 Å². The van der Waals surface area contributed by atoms with E-state index < -0.39 is 19.0 Å². The molecule has 2 aromatic heterocycles. The molecule has 3 aromatic rings. The third-order valence-corrected chi connectivity index (χ3v) is 4.89. The second kappa shape index (κ2) is 6.11. The molecule has 0 N–H and O–H groups in total. The molecule has 1 amide bonds. The van der Waals surface area contributed by atoms with Crippen LogP contribution < -0.4 is 0 Å². The molecule has 7 heteroatoms. The number of aryl methyl sites for hydroxylation is 2. The summed E-state index contributed by atoms with van der Waals surface area (Å²) in [5.74, 6) is -3.40. The van der Waals surface area contributed by atoms with Crippen LogP contribution >= 0.6 is 0 Å². The van der Waals surface area contributed by atoms with Crippen molar-refractivity contribution in [3.05, 3.63) is 53.6 Å². The first-order chi connectivity index (χ1) is 12.7. The maximum Gasteiger partial charge on any atom is 0.282 e. The Hall–Kier alpha value is -2.83. The summed E-state index contributed by atoms with van der Waals surface area (Å²) < 4.78 is 41.3. The highest BCUT2D eigenvalue weighted by molar-refractivity contribution is 5.86. The lowest BCUT2D eigenvalue weighted by molar-refractivity contribution is -0.166. The van der Waals surface area contributed by atoms with Crippen molar-refractivity contribution >= 4 is 16.9 Å². The van der Waals surface area contributed by atoms with Crippen molar-refractivity contribution in [2.45, 2.75) is 26.3 Å². The minimum absolute atomic E-state index is 0.0198. The minimum Gasteiger partial charge on any atom is -0.336 e. The van der Waals surface area contributed by atoms with E-state index in [-0.39, 0.29) is 18.3 Å². The summed E-state index contributed by atoms with van der Waals surface area (Å²) in [6.07, 6.45) is 3.51. The molecule has 1 aliphatic heterocycles. The number of alkyl halides is 2. The van der Waals surface area contributed by atoms with Crippen LogP contribution in [0.4, 0.5) is 13.2 Å². The number of hydrogen-bond donors (Lipinski definition) is 0. The Morgan fingerprint density at radius 3 is 2.56 bits per heavy atom. The van der Waals surface area contributed by atoms with Gasteiger partial charge < -0.3 is 9.47 Å². The Kier molecular flexibility index (Phi) is 3.98. The van der Waals surface area contributed by atoms with Gasteiger partial charge in [-0.1, -0.05) is 6.07 Å². The minimum atomic E-state index is -2.78. The van der Waals surface area contributed by atoms with Gasteiger partial charge in [-0.25, -0.2) is 13.2 Å². The first-order valence-corrected chi connectivity index (χ1v) is 8.61. The average Bonchev–Trinajstić information content (AvgIpc) is 2.90. The first-order valence-electron chi connectivity index (χ1n) is 8.61. The second-order valence-electron chi connectivity index (χ2n) is 7.10. The lowest BCUT2D eigenvalue weighted by atomic mass is 10.0. The monoisotopic (exact) mass is 373 g/mol. The molecule has 0 atom stereocenters. The van der Waals surface area contributed by atoms with Crippen LogP contribution in [-0.2, 0) is 11.3 Å². The van der Waals surface area contributed by atoms with Gasteiger partial charge in [-0.05, 0) is 48.7 Å². The standard InChI is InChI=1S/C20H18F3N3O/c1-12-5-14(3-4-16(12)21)15-6-17-19(24-7-15)13(2)8-25(17)9-18(27)26-10-20(22,23)11-26/h3-8H,9-11H2,1-2H3. The Labute approximate surface area is 154 Å². The molecule has 3 heterocycles. The molecule has 1 fully saturated rings. The topological polar surface area (TPSA) is 38.1 Å². The van der Waals surface area contributed by atoms with Crippen LogP contribution in [0.25, 0.3) is 22.2 Å². The van der Waals surface area contributed by atoms with Gasteiger partial charge >= 0.3 is 0 Å². The van der Waals surface area contributed by atoms with Crippen molar-refractivity contribution in [1.29, 1.82) is 0 Å². The Bertz CT molecular complexity index is 1050. The summed E-state index contributed by atoms with van der Waals surface area (Å²) in [5, 5.41) is 0. The van der Waals surface area contributed by atoms with E-state index >= 15 is 0 Å². The highest BCUT2D eigenvalue weighted by Gasteiger charge is 2.46. The predicted octanol–water partition coefficient (Wildman–Crippen LogP) is 3.94. The van der Waals surface area contributed by atoms with Crippen LogP contribution in [0.15, 0.2) is 36.7 Å². The molecular formula is C20H18F3N3O. The van der Waals surface area contributed by atoms with Crippen LogP contribution in [0.5, 0.6) is 0 Å². The molecule has 140 valence electrons. The van der Waals surface area contributed by atoms with E-state index in [2.05, 4.69) is 4.98 Å². The Balaban J connectivity index is 1.67. The van der Waals surface area contributed by atoms with Crippen LogP contribution in [-0.4, -0.2) is 39.4 Å². The summed E-state index contributed by atoms with van der Waals surface area (Å²) in [7, 11) is 0. The SMILES string of the molecule is Cc1cc(-c2cnc3c(C)cn(CC(=O)N4CC(F)(F)C4)c3c2)ccc1F. The smallest absolute Gasteiger partial charge is 0.282 e. The molecule has 1 aliphatic rings. The zero-order valence-corrected chi connectivity index (χ0v) is 15.0. The van der Waals surface area contributed by atoms with E-state index in [9.17, 15) is 18.0 Å². The van der Waals surface area contributed by atoms with Crippen molar-refractivity contribution in [3.8, 4) is 11.1 Å². The highest BCUT2D eigenvalue weighted by Crippen LogP contribution is 2.29. The second-order valence-corrected chi connectivity index (χ2v) is 7.10. The van der Waals surface area contributed by atoms with Gasteiger partial charge in [0.25, 0.3) is 5.92 Å². The van der Waals surface area contributed by atoms with Gasteiger partial charge in [0.1, 0.15) is 12.4 Å². The number of halogens is 3. The quantitative estimate of drug-likeness (QED) is 0.698. The molecule has 0 radical (unpaired) electrons. The number of nitrogens with zero attached hydrogens (tertiary/aromatic N) is 3. The van der Waals surface area contributed by atoms with Gasteiger partial charge in [-0.15, -0.1) is 0 Å². The fraction of sp³-hybridized carbons (Fsp3) is 0.300. The van der Waals surface area contributed by atoms with Crippen LogP contribution in [0.2, 0.25) is 0 Å². The number of benzene rings is 1. The van der Waals surface area contributed by atoms with Crippen molar-refractivity contribution in [1.82, 2.24) is 14.5 Å². The Morgan fingerprint density at radius 1 is 1.15 bits per heavy atom. The number of aromatic nitrogens is 2. The number of rotatable bonds is 3. The number of carbonyl (C=O) groups is 1. The summed E-state index contributed by atoms with van der Waals surface area (Å²) in [6.45, 7) is 2.51. The van der Waals surface area contributed by atoms with Crippen LogP contribution in [0.1, 0.15) is 11.1 Å². The lowest BCUT2D eigenvalue weighted by Gasteiger charge is -2.38. The summed E-state index contributed by atoms with van der Waals surface area (Å²) in [5.41, 5.74) is 4.55. The molecule has 1 saturated heterocycles. The number of likely N-dealkylation sites (tertiary alicyclic amines) is 1. The van der Waals surface area contributed by atoms with Crippen molar-refractivity contribution in [2.24, 2.45) is 0 Å². The molecule has 4 nitrogen and oxygen atoms in total. The maximum absolute atomic E-state index is 13.5. The van der Waals surface area contributed by atoms with E-state index in [0.29, 0.717) is 5.56 Å². The summed E-state index contributed by atoms with van der Waals surface area (Å²) in [4.78, 5) is 17.9. The molecule has 0 aliphatic carbocycles. The number of hydrogen-bond acceptors (Lipinski definition) is 2. The predicted molar refractivity (Wildman–Crippen MR) is 96.1 cm³/mol. The fourth-order valence-electron chi connectivity index (χ4n) is 3.39. The van der Waals surface area contributed by atoms with E-state index in [1.807, 2.05) is 13.0 Å². The zero-order chi connectivity index (χ0) is 19.3. The summed E-state index contributed by atoms with van der Waals surface area (Å²) >= 11 is 0. The first kappa shape index (κ1) is 17.6. The number of pyridine rings is 1. The van der Waals surface area contributed by atoms with E-state index in [1.165, 1.54) is 6.07 Å². The normalized spacial score (nSPS) is 15.8. The molecule has 0 bridgehead atoms. The third-order valence-electron chi connectivity index (χ3n) is 4.89. The van der Waals surface area contributed by atoms with E-state index in [0.717, 1.165) is 32.6 Å². The fourth-order valence-corrected chi connectivity index (χ4v) is 3.39. The van der Waals surface area contributed by atoms with Gasteiger partial charge in [0, 0.05) is 18.0 Å². The number of amides is 1. The van der Waals surface area contributed by atoms with Gasteiger partial charge in [0.2, 0.25) is 5.91 Å². The van der Waals surface area contributed by atoms with Crippen molar-refractivity contribution in [3.63, 3.8) is 0 Å². The van der Waals surface area contributed by atoms with E-state index in [1.54, 1.807) is 36.0 Å². The third kappa shape index (κ3) is 3.18. The average molecular weight is 373 g/mol. The molecule has 4 rings (SSSR count). The van der Waals surface area contributed by atoms with Crippen LogP contribution in [0, 0.1) is 19.7 Å². The lowest BCUT2D eigenvalue weighted by Crippen LogP contribution is -2.59. The molecule has 0 saturated carbocycles. The van der Waals surface area contributed by atoms with Crippen LogP contribution in [0.3, 0.4) is 0 Å². The molecule has 1 aromatic carbocycles. The molecule has 27 heavy (non-hydrogen) atoms. The van der Waals surface area contributed by atoms with Gasteiger partial charge in [0.15, 0.2) is 0 Å². The highest BCUT2D eigenvalue weighted by atomic mass is 19.3.